The highest BCUT2D eigenvalue weighted by atomic mass is 35.5. The molecule has 1 unspecified atom stereocenters. The highest BCUT2D eigenvalue weighted by Crippen LogP contribution is 2.26. The summed E-state index contributed by atoms with van der Waals surface area (Å²) in [5.41, 5.74) is 7.73. The first-order valence-corrected chi connectivity index (χ1v) is 7.79. The van der Waals surface area contributed by atoms with Crippen LogP contribution < -0.4 is 11.1 Å². The van der Waals surface area contributed by atoms with E-state index in [1.54, 1.807) is 0 Å². The van der Waals surface area contributed by atoms with E-state index in [1.807, 2.05) is 24.3 Å². The number of carbonyl (C=O) groups is 1. The van der Waals surface area contributed by atoms with Gasteiger partial charge in [-0.15, -0.1) is 12.4 Å². The molecule has 21 heavy (non-hydrogen) atoms. The highest BCUT2D eigenvalue weighted by molar-refractivity contribution is 5.85. The first-order chi connectivity index (χ1) is 9.66. The molecule has 3 nitrogen and oxygen atoms in total. The monoisotopic (exact) mass is 310 g/mol. The minimum atomic E-state index is 0. The molecule has 4 heteroatoms. The van der Waals surface area contributed by atoms with Crippen molar-refractivity contribution >= 4 is 24.0 Å². The molecule has 0 heterocycles. The van der Waals surface area contributed by atoms with Crippen LogP contribution in [0.3, 0.4) is 0 Å². The van der Waals surface area contributed by atoms with E-state index in [-0.39, 0.29) is 18.3 Å². The van der Waals surface area contributed by atoms with Gasteiger partial charge < -0.3 is 11.1 Å². The largest absolute Gasteiger partial charge is 0.399 e. The number of rotatable bonds is 5. The summed E-state index contributed by atoms with van der Waals surface area (Å²) in [4.78, 5) is 12.0. The fraction of sp³-hybridized carbons (Fsp3) is 0.588. The van der Waals surface area contributed by atoms with Gasteiger partial charge in [0.1, 0.15) is 0 Å². The van der Waals surface area contributed by atoms with Crippen molar-refractivity contribution in [3.63, 3.8) is 0 Å². The zero-order valence-electron chi connectivity index (χ0n) is 12.8. The van der Waals surface area contributed by atoms with Crippen LogP contribution >= 0.6 is 12.4 Å². The average molecular weight is 311 g/mol. The van der Waals surface area contributed by atoms with E-state index < -0.39 is 0 Å². The molecule has 2 rings (SSSR count). The number of para-hydroxylation sites is 1. The lowest BCUT2D eigenvalue weighted by atomic mass is 9.84. The van der Waals surface area contributed by atoms with E-state index in [4.69, 9.17) is 5.73 Å². The van der Waals surface area contributed by atoms with E-state index in [2.05, 4.69) is 12.2 Å². The van der Waals surface area contributed by atoms with Crippen molar-refractivity contribution in [1.29, 1.82) is 0 Å². The second-order valence-electron chi connectivity index (χ2n) is 5.95. The Morgan fingerprint density at radius 2 is 1.95 bits per heavy atom. The Kier molecular flexibility index (Phi) is 7.58. The van der Waals surface area contributed by atoms with Gasteiger partial charge in [-0.25, -0.2) is 0 Å². The van der Waals surface area contributed by atoms with Gasteiger partial charge in [-0.1, -0.05) is 37.5 Å². The van der Waals surface area contributed by atoms with Crippen LogP contribution in [0.5, 0.6) is 0 Å². The predicted molar refractivity (Wildman–Crippen MR) is 90.6 cm³/mol. The van der Waals surface area contributed by atoms with Crippen LogP contribution in [0.4, 0.5) is 5.69 Å². The standard InChI is InChI=1S/C17H26N2O.ClH/c1-13(14-7-3-2-4-8-14)19-17(20)12-11-15-9-5-6-10-16(15)18;/h5-6,9-10,13-14H,2-4,7-8,11-12,18H2,1H3,(H,19,20);1H. The van der Waals surface area contributed by atoms with Crippen LogP contribution in [0.2, 0.25) is 0 Å². The van der Waals surface area contributed by atoms with Crippen LogP contribution in [-0.2, 0) is 11.2 Å². The molecule has 1 aliphatic carbocycles. The second-order valence-corrected chi connectivity index (χ2v) is 5.95. The van der Waals surface area contributed by atoms with Crippen LogP contribution in [0.15, 0.2) is 24.3 Å². The van der Waals surface area contributed by atoms with Crippen molar-refractivity contribution in [2.24, 2.45) is 5.92 Å². The van der Waals surface area contributed by atoms with Crippen molar-refractivity contribution in [1.82, 2.24) is 5.32 Å². The maximum Gasteiger partial charge on any atom is 0.220 e. The van der Waals surface area contributed by atoms with Gasteiger partial charge in [-0.3, -0.25) is 4.79 Å². The molecule has 0 bridgehead atoms. The number of hydrogen-bond donors (Lipinski definition) is 2. The lowest BCUT2D eigenvalue weighted by Crippen LogP contribution is -2.38. The third-order valence-electron chi connectivity index (χ3n) is 4.42. The highest BCUT2D eigenvalue weighted by Gasteiger charge is 2.21. The summed E-state index contributed by atoms with van der Waals surface area (Å²) < 4.78 is 0. The Labute approximate surface area is 134 Å². The lowest BCUT2D eigenvalue weighted by molar-refractivity contribution is -0.122. The maximum absolute atomic E-state index is 12.0. The number of aryl methyl sites for hydroxylation is 1. The summed E-state index contributed by atoms with van der Waals surface area (Å²) in [5.74, 6) is 0.806. The molecule has 0 radical (unpaired) electrons. The molecular weight excluding hydrogens is 284 g/mol. The van der Waals surface area contributed by atoms with Crippen molar-refractivity contribution in [2.75, 3.05) is 5.73 Å². The normalized spacial score (nSPS) is 16.8. The van der Waals surface area contributed by atoms with E-state index in [0.717, 1.165) is 17.7 Å². The molecule has 1 aliphatic rings. The number of benzene rings is 1. The first kappa shape index (κ1) is 17.8. The molecule has 0 aromatic heterocycles. The molecule has 0 aliphatic heterocycles. The van der Waals surface area contributed by atoms with Crippen LogP contribution in [0.1, 0.15) is 51.0 Å². The Hall–Kier alpha value is -1.22. The molecule has 1 atom stereocenters. The van der Waals surface area contributed by atoms with Gasteiger partial charge in [-0.05, 0) is 43.7 Å². The number of halogens is 1. The number of anilines is 1. The molecule has 3 N–H and O–H groups in total. The molecule has 1 amide bonds. The Balaban J connectivity index is 0.00000220. The number of carbonyl (C=O) groups excluding carboxylic acids is 1. The van der Waals surface area contributed by atoms with Crippen LogP contribution in [0, 0.1) is 5.92 Å². The van der Waals surface area contributed by atoms with Gasteiger partial charge in [0.25, 0.3) is 0 Å². The Morgan fingerprint density at radius 1 is 1.29 bits per heavy atom. The molecular formula is C17H27ClN2O. The van der Waals surface area contributed by atoms with Crippen LogP contribution in [0.25, 0.3) is 0 Å². The SMILES string of the molecule is CC(NC(=O)CCc1ccccc1N)C1CCCCC1.Cl. The molecule has 1 aromatic rings. The number of nitrogen functional groups attached to an aromatic ring is 1. The molecule has 0 saturated heterocycles. The van der Waals surface area contributed by atoms with Gasteiger partial charge in [0.15, 0.2) is 0 Å². The molecule has 1 saturated carbocycles. The third kappa shape index (κ3) is 5.58. The van der Waals surface area contributed by atoms with E-state index >= 15 is 0 Å². The number of nitrogens with two attached hydrogens (primary N) is 1. The van der Waals surface area contributed by atoms with E-state index in [1.165, 1.54) is 32.1 Å². The fourth-order valence-corrected chi connectivity index (χ4v) is 3.09. The van der Waals surface area contributed by atoms with E-state index in [0.29, 0.717) is 18.4 Å². The fourth-order valence-electron chi connectivity index (χ4n) is 3.09. The first-order valence-electron chi connectivity index (χ1n) is 7.79. The summed E-state index contributed by atoms with van der Waals surface area (Å²) >= 11 is 0. The molecule has 1 aromatic carbocycles. The van der Waals surface area contributed by atoms with Gasteiger partial charge in [0, 0.05) is 18.2 Å². The number of hydrogen-bond acceptors (Lipinski definition) is 2. The third-order valence-corrected chi connectivity index (χ3v) is 4.42. The minimum Gasteiger partial charge on any atom is -0.399 e. The topological polar surface area (TPSA) is 55.1 Å². The van der Waals surface area contributed by atoms with Gasteiger partial charge in [-0.2, -0.15) is 0 Å². The number of nitrogens with one attached hydrogen (secondary N) is 1. The van der Waals surface area contributed by atoms with Crippen molar-refractivity contribution in [3.05, 3.63) is 29.8 Å². The van der Waals surface area contributed by atoms with Crippen LogP contribution in [-0.4, -0.2) is 11.9 Å². The minimum absolute atomic E-state index is 0. The molecule has 118 valence electrons. The van der Waals surface area contributed by atoms with E-state index in [9.17, 15) is 4.79 Å². The zero-order chi connectivity index (χ0) is 14.4. The average Bonchev–Trinajstić information content (AvgIpc) is 2.47. The van der Waals surface area contributed by atoms with Crippen molar-refractivity contribution in [3.8, 4) is 0 Å². The van der Waals surface area contributed by atoms with Gasteiger partial charge >= 0.3 is 0 Å². The summed E-state index contributed by atoms with van der Waals surface area (Å²) in [7, 11) is 0. The molecule has 0 spiro atoms. The van der Waals surface area contributed by atoms with Gasteiger partial charge in [0.2, 0.25) is 5.91 Å². The summed E-state index contributed by atoms with van der Waals surface area (Å²) in [6.07, 6.45) is 7.72. The smallest absolute Gasteiger partial charge is 0.220 e. The zero-order valence-corrected chi connectivity index (χ0v) is 13.6. The Morgan fingerprint density at radius 3 is 2.62 bits per heavy atom. The summed E-state index contributed by atoms with van der Waals surface area (Å²) in [5, 5.41) is 3.16. The van der Waals surface area contributed by atoms with Crippen molar-refractivity contribution in [2.45, 2.75) is 57.9 Å². The number of amides is 1. The second kappa shape index (κ2) is 8.93. The maximum atomic E-state index is 12.0. The van der Waals surface area contributed by atoms with Gasteiger partial charge in [0.05, 0.1) is 0 Å². The van der Waals surface area contributed by atoms with Crippen molar-refractivity contribution < 1.29 is 4.79 Å². The Bertz CT molecular complexity index is 444. The summed E-state index contributed by atoms with van der Waals surface area (Å²) in [6.45, 7) is 2.14. The quantitative estimate of drug-likeness (QED) is 0.815. The summed E-state index contributed by atoms with van der Waals surface area (Å²) in [6, 6.07) is 8.07. The molecule has 1 fully saturated rings. The lowest BCUT2D eigenvalue weighted by Gasteiger charge is -2.28. The predicted octanol–water partition coefficient (Wildman–Crippen LogP) is 3.71.